The molecular weight excluding hydrogens is 352 g/mol. The van der Waals surface area contributed by atoms with Crippen LogP contribution < -0.4 is 14.9 Å². The smallest absolute Gasteiger partial charge is 0.277 e. The standard InChI is InChI=1S/C23H28N2O3/c1-3-4-6-11-20(16-19-9-7-5-8-10-19)17-24-25-23(26)18-28-22-14-12-21(27-2)13-15-22/h5,7-10,12-17H,3-4,6,11,18H2,1-2H3,(H,25,26). The Morgan fingerprint density at radius 2 is 1.75 bits per heavy atom. The van der Waals surface area contributed by atoms with Gasteiger partial charge in [-0.2, -0.15) is 5.10 Å². The maximum absolute atomic E-state index is 11.9. The number of nitrogens with zero attached hydrogens (tertiary/aromatic N) is 1. The zero-order valence-corrected chi connectivity index (χ0v) is 16.6. The van der Waals surface area contributed by atoms with E-state index in [4.69, 9.17) is 9.47 Å². The molecule has 0 aliphatic heterocycles. The van der Waals surface area contributed by atoms with Gasteiger partial charge in [0.05, 0.1) is 13.3 Å². The van der Waals surface area contributed by atoms with Crippen molar-refractivity contribution >= 4 is 18.2 Å². The Morgan fingerprint density at radius 1 is 1.04 bits per heavy atom. The van der Waals surface area contributed by atoms with Crippen molar-refractivity contribution in [1.82, 2.24) is 5.43 Å². The van der Waals surface area contributed by atoms with Crippen molar-refractivity contribution in [2.24, 2.45) is 5.10 Å². The van der Waals surface area contributed by atoms with Gasteiger partial charge in [0.1, 0.15) is 11.5 Å². The van der Waals surface area contributed by atoms with Gasteiger partial charge in [0, 0.05) is 0 Å². The van der Waals surface area contributed by atoms with E-state index in [2.05, 4.69) is 35.7 Å². The van der Waals surface area contributed by atoms with Crippen molar-refractivity contribution in [2.45, 2.75) is 32.6 Å². The number of nitrogens with one attached hydrogen (secondary N) is 1. The molecule has 0 aliphatic rings. The molecular formula is C23H28N2O3. The van der Waals surface area contributed by atoms with Gasteiger partial charge in [0.25, 0.3) is 5.91 Å². The van der Waals surface area contributed by atoms with Gasteiger partial charge in [-0.1, -0.05) is 56.2 Å². The van der Waals surface area contributed by atoms with E-state index in [9.17, 15) is 4.79 Å². The molecule has 2 aromatic carbocycles. The molecule has 0 unspecified atom stereocenters. The zero-order valence-electron chi connectivity index (χ0n) is 16.6. The number of hydrogen-bond donors (Lipinski definition) is 1. The second-order valence-electron chi connectivity index (χ2n) is 6.34. The summed E-state index contributed by atoms with van der Waals surface area (Å²) >= 11 is 0. The van der Waals surface area contributed by atoms with Gasteiger partial charge < -0.3 is 9.47 Å². The summed E-state index contributed by atoms with van der Waals surface area (Å²) in [5.74, 6) is 1.03. The Hall–Kier alpha value is -3.08. The number of benzene rings is 2. The number of hydrogen-bond acceptors (Lipinski definition) is 4. The lowest BCUT2D eigenvalue weighted by Gasteiger charge is -2.06. The maximum atomic E-state index is 11.9. The van der Waals surface area contributed by atoms with E-state index in [1.54, 1.807) is 37.6 Å². The van der Waals surface area contributed by atoms with Crippen molar-refractivity contribution in [2.75, 3.05) is 13.7 Å². The zero-order chi connectivity index (χ0) is 20.0. The van der Waals surface area contributed by atoms with Crippen molar-refractivity contribution < 1.29 is 14.3 Å². The topological polar surface area (TPSA) is 59.9 Å². The van der Waals surface area contributed by atoms with Gasteiger partial charge in [0.2, 0.25) is 0 Å². The highest BCUT2D eigenvalue weighted by atomic mass is 16.5. The second kappa shape index (κ2) is 12.3. The normalized spacial score (nSPS) is 11.4. The van der Waals surface area contributed by atoms with Crippen LogP contribution in [-0.2, 0) is 4.79 Å². The third kappa shape index (κ3) is 8.08. The lowest BCUT2D eigenvalue weighted by molar-refractivity contribution is -0.123. The Labute approximate surface area is 167 Å². The number of carbonyl (C=O) groups excluding carboxylic acids is 1. The van der Waals surface area contributed by atoms with E-state index in [1.165, 1.54) is 6.42 Å². The Kier molecular flexibility index (Phi) is 9.35. The van der Waals surface area contributed by atoms with Crippen LogP contribution in [0.5, 0.6) is 11.5 Å². The van der Waals surface area contributed by atoms with Crippen LogP contribution in [0.1, 0.15) is 38.2 Å². The number of ether oxygens (including phenoxy) is 2. The lowest BCUT2D eigenvalue weighted by Crippen LogP contribution is -2.24. The Morgan fingerprint density at radius 3 is 2.43 bits per heavy atom. The van der Waals surface area contributed by atoms with Crippen LogP contribution in [0.4, 0.5) is 0 Å². The summed E-state index contributed by atoms with van der Waals surface area (Å²) < 4.78 is 10.5. The first-order valence-electron chi connectivity index (χ1n) is 9.55. The molecule has 1 N–H and O–H groups in total. The van der Waals surface area contributed by atoms with Gasteiger partial charge in [-0.3, -0.25) is 4.79 Å². The summed E-state index contributed by atoms with van der Waals surface area (Å²) in [4.78, 5) is 11.9. The highest BCUT2D eigenvalue weighted by Gasteiger charge is 2.02. The average Bonchev–Trinajstić information content (AvgIpc) is 2.73. The predicted octanol–water partition coefficient (Wildman–Crippen LogP) is 4.84. The number of unbranched alkanes of at least 4 members (excludes halogenated alkanes) is 2. The fourth-order valence-electron chi connectivity index (χ4n) is 2.56. The average molecular weight is 380 g/mol. The molecule has 0 bridgehead atoms. The largest absolute Gasteiger partial charge is 0.497 e. The van der Waals surface area contributed by atoms with Crippen LogP contribution in [0.3, 0.4) is 0 Å². The Bertz CT molecular complexity index is 768. The van der Waals surface area contributed by atoms with E-state index in [0.717, 1.165) is 36.1 Å². The molecule has 2 aromatic rings. The number of hydrazone groups is 1. The van der Waals surface area contributed by atoms with Crippen LogP contribution in [0, 0.1) is 0 Å². The van der Waals surface area contributed by atoms with Crippen molar-refractivity contribution in [3.05, 3.63) is 65.7 Å². The van der Waals surface area contributed by atoms with Crippen LogP contribution in [0.25, 0.3) is 6.08 Å². The molecule has 0 aromatic heterocycles. The van der Waals surface area contributed by atoms with Crippen LogP contribution >= 0.6 is 0 Å². The molecule has 0 atom stereocenters. The molecule has 0 heterocycles. The molecule has 5 nitrogen and oxygen atoms in total. The highest BCUT2D eigenvalue weighted by Crippen LogP contribution is 2.16. The molecule has 1 amide bonds. The van der Waals surface area contributed by atoms with Crippen LogP contribution in [-0.4, -0.2) is 25.8 Å². The number of allylic oxidation sites excluding steroid dienone is 1. The summed E-state index contributed by atoms with van der Waals surface area (Å²) in [6, 6.07) is 17.2. The van der Waals surface area contributed by atoms with E-state index in [0.29, 0.717) is 5.75 Å². The van der Waals surface area contributed by atoms with Crippen LogP contribution in [0.15, 0.2) is 65.3 Å². The molecule has 0 saturated heterocycles. The minimum atomic E-state index is -0.306. The van der Waals surface area contributed by atoms with Gasteiger partial charge in [0.15, 0.2) is 6.61 Å². The van der Waals surface area contributed by atoms with Crippen molar-refractivity contribution in [1.29, 1.82) is 0 Å². The van der Waals surface area contributed by atoms with Gasteiger partial charge in [-0.25, -0.2) is 5.43 Å². The summed E-state index contributed by atoms with van der Waals surface area (Å²) in [6.07, 6.45) is 8.16. The molecule has 28 heavy (non-hydrogen) atoms. The first kappa shape index (κ1) is 21.2. The van der Waals surface area contributed by atoms with E-state index >= 15 is 0 Å². The third-order valence-corrected chi connectivity index (χ3v) is 4.07. The van der Waals surface area contributed by atoms with Gasteiger partial charge >= 0.3 is 0 Å². The first-order valence-corrected chi connectivity index (χ1v) is 9.55. The van der Waals surface area contributed by atoms with E-state index in [-0.39, 0.29) is 12.5 Å². The fraction of sp³-hybridized carbons (Fsp3) is 0.304. The highest BCUT2D eigenvalue weighted by molar-refractivity contribution is 5.87. The van der Waals surface area contributed by atoms with E-state index < -0.39 is 0 Å². The predicted molar refractivity (Wildman–Crippen MR) is 114 cm³/mol. The van der Waals surface area contributed by atoms with E-state index in [1.807, 2.05) is 18.2 Å². The molecule has 148 valence electrons. The van der Waals surface area contributed by atoms with Gasteiger partial charge in [-0.15, -0.1) is 0 Å². The number of rotatable bonds is 11. The molecule has 2 rings (SSSR count). The minimum absolute atomic E-state index is 0.1000. The maximum Gasteiger partial charge on any atom is 0.277 e. The SMILES string of the molecule is CCCCCC(C=NNC(=O)COc1ccc(OC)cc1)=Cc1ccccc1. The Balaban J connectivity index is 1.86. The monoisotopic (exact) mass is 380 g/mol. The summed E-state index contributed by atoms with van der Waals surface area (Å²) in [5.41, 5.74) is 4.72. The molecule has 0 spiro atoms. The summed E-state index contributed by atoms with van der Waals surface area (Å²) in [6.45, 7) is 2.08. The van der Waals surface area contributed by atoms with Gasteiger partial charge in [-0.05, 0) is 48.2 Å². The van der Waals surface area contributed by atoms with Crippen LogP contribution in [0.2, 0.25) is 0 Å². The second-order valence-corrected chi connectivity index (χ2v) is 6.34. The van der Waals surface area contributed by atoms with Crippen molar-refractivity contribution in [3.8, 4) is 11.5 Å². The fourth-order valence-corrected chi connectivity index (χ4v) is 2.56. The number of methoxy groups -OCH3 is 1. The molecule has 0 fully saturated rings. The summed E-state index contributed by atoms with van der Waals surface area (Å²) in [7, 11) is 1.60. The summed E-state index contributed by atoms with van der Waals surface area (Å²) in [5, 5.41) is 4.09. The molecule has 0 saturated carbocycles. The van der Waals surface area contributed by atoms with Crippen molar-refractivity contribution in [3.63, 3.8) is 0 Å². The number of amides is 1. The third-order valence-electron chi connectivity index (χ3n) is 4.07. The quantitative estimate of drug-likeness (QED) is 0.345. The lowest BCUT2D eigenvalue weighted by atomic mass is 10.1. The minimum Gasteiger partial charge on any atom is -0.497 e. The molecule has 0 aliphatic carbocycles. The first-order chi connectivity index (χ1) is 13.7. The molecule has 0 radical (unpaired) electrons. The number of carbonyl (C=O) groups is 1. The molecule has 5 heteroatoms.